The third-order valence-electron chi connectivity index (χ3n) is 3.16. The van der Waals surface area contributed by atoms with Gasteiger partial charge < -0.3 is 0 Å². The highest BCUT2D eigenvalue weighted by Gasteiger charge is 2.25. The van der Waals surface area contributed by atoms with Gasteiger partial charge in [0.15, 0.2) is 0 Å². The van der Waals surface area contributed by atoms with Gasteiger partial charge in [-0.1, -0.05) is 15.9 Å². The van der Waals surface area contributed by atoms with E-state index in [9.17, 15) is 0 Å². The molecule has 0 aromatic carbocycles. The molecule has 1 fully saturated rings. The Morgan fingerprint density at radius 2 is 2.20 bits per heavy atom. The van der Waals surface area contributed by atoms with Crippen LogP contribution in [0.15, 0.2) is 24.5 Å². The van der Waals surface area contributed by atoms with Crippen molar-refractivity contribution in [3.05, 3.63) is 30.1 Å². The Morgan fingerprint density at radius 3 is 2.93 bits per heavy atom. The normalized spacial score (nSPS) is 27.9. The predicted molar refractivity (Wildman–Crippen MR) is 66.1 cm³/mol. The number of pyridine rings is 1. The number of piperidine rings is 1. The summed E-state index contributed by atoms with van der Waals surface area (Å²) < 4.78 is 0. The van der Waals surface area contributed by atoms with Crippen molar-refractivity contribution in [1.82, 2.24) is 9.88 Å². The van der Waals surface area contributed by atoms with E-state index < -0.39 is 0 Å². The Labute approximate surface area is 99.8 Å². The molecule has 2 unspecified atom stereocenters. The first-order valence-electron chi connectivity index (χ1n) is 5.54. The van der Waals surface area contributed by atoms with Crippen LogP contribution in [0.5, 0.6) is 0 Å². The minimum Gasteiger partial charge on any atom is -0.295 e. The van der Waals surface area contributed by atoms with E-state index >= 15 is 0 Å². The molecule has 1 aromatic heterocycles. The van der Waals surface area contributed by atoms with Crippen molar-refractivity contribution in [3.63, 3.8) is 0 Å². The molecule has 0 amide bonds. The molecule has 1 aliphatic heterocycles. The summed E-state index contributed by atoms with van der Waals surface area (Å²) in [5.41, 5.74) is 1.36. The van der Waals surface area contributed by atoms with Crippen LogP contribution in [-0.4, -0.2) is 27.3 Å². The lowest BCUT2D eigenvalue weighted by molar-refractivity contribution is 0.160. The Hall–Kier alpha value is -0.410. The van der Waals surface area contributed by atoms with Crippen molar-refractivity contribution in [1.29, 1.82) is 0 Å². The standard InChI is InChI=1S/C12H17BrN2/c1-10-12(13)3-2-8-15(10)9-11-4-6-14-7-5-11/h4-7,10,12H,2-3,8-9H2,1H3. The van der Waals surface area contributed by atoms with E-state index in [4.69, 9.17) is 0 Å². The summed E-state index contributed by atoms with van der Waals surface area (Å²) in [6.45, 7) is 4.57. The summed E-state index contributed by atoms with van der Waals surface area (Å²) in [5, 5.41) is 0. The zero-order chi connectivity index (χ0) is 10.7. The van der Waals surface area contributed by atoms with E-state index in [1.807, 2.05) is 12.4 Å². The third kappa shape index (κ3) is 2.79. The van der Waals surface area contributed by atoms with Crippen molar-refractivity contribution in [2.24, 2.45) is 0 Å². The fourth-order valence-corrected chi connectivity index (χ4v) is 2.77. The average Bonchev–Trinajstić information content (AvgIpc) is 2.26. The molecule has 0 radical (unpaired) electrons. The Bertz CT molecular complexity index is 302. The smallest absolute Gasteiger partial charge is 0.0299 e. The summed E-state index contributed by atoms with van der Waals surface area (Å²) in [5.74, 6) is 0. The second-order valence-corrected chi connectivity index (χ2v) is 5.40. The van der Waals surface area contributed by atoms with E-state index in [-0.39, 0.29) is 0 Å². The molecule has 2 rings (SSSR count). The molecule has 0 aliphatic carbocycles. The van der Waals surface area contributed by atoms with Crippen molar-refractivity contribution in [3.8, 4) is 0 Å². The van der Waals surface area contributed by atoms with Gasteiger partial charge in [0.25, 0.3) is 0 Å². The maximum atomic E-state index is 4.04. The molecular weight excluding hydrogens is 252 g/mol. The molecule has 2 nitrogen and oxygen atoms in total. The molecule has 3 heteroatoms. The van der Waals surface area contributed by atoms with E-state index in [0.29, 0.717) is 10.9 Å². The molecule has 2 atom stereocenters. The number of aromatic nitrogens is 1. The zero-order valence-corrected chi connectivity index (χ0v) is 10.7. The first-order chi connectivity index (χ1) is 7.27. The lowest BCUT2D eigenvalue weighted by Crippen LogP contribution is -2.43. The van der Waals surface area contributed by atoms with Gasteiger partial charge >= 0.3 is 0 Å². The number of likely N-dealkylation sites (tertiary alicyclic amines) is 1. The first kappa shape index (κ1) is 11.1. The van der Waals surface area contributed by atoms with Gasteiger partial charge in [-0.15, -0.1) is 0 Å². The summed E-state index contributed by atoms with van der Waals surface area (Å²) >= 11 is 3.75. The highest BCUT2D eigenvalue weighted by Crippen LogP contribution is 2.24. The summed E-state index contributed by atoms with van der Waals surface area (Å²) in [4.78, 5) is 7.23. The number of hydrogen-bond acceptors (Lipinski definition) is 2. The fraction of sp³-hybridized carbons (Fsp3) is 0.583. The van der Waals surface area contributed by atoms with Gasteiger partial charge in [-0.05, 0) is 44.0 Å². The Morgan fingerprint density at radius 1 is 1.47 bits per heavy atom. The Balaban J connectivity index is 1.99. The largest absolute Gasteiger partial charge is 0.295 e. The number of hydrogen-bond donors (Lipinski definition) is 0. The highest BCUT2D eigenvalue weighted by atomic mass is 79.9. The van der Waals surface area contributed by atoms with E-state index in [0.717, 1.165) is 6.54 Å². The summed E-state index contributed by atoms with van der Waals surface area (Å²) in [7, 11) is 0. The van der Waals surface area contributed by atoms with Crippen LogP contribution in [0, 0.1) is 0 Å². The minimum atomic E-state index is 0.631. The second kappa shape index (κ2) is 5.08. The topological polar surface area (TPSA) is 16.1 Å². The van der Waals surface area contributed by atoms with Gasteiger partial charge in [0.05, 0.1) is 0 Å². The Kier molecular flexibility index (Phi) is 3.76. The van der Waals surface area contributed by atoms with Crippen LogP contribution >= 0.6 is 15.9 Å². The molecule has 0 bridgehead atoms. The number of alkyl halides is 1. The SMILES string of the molecule is CC1C(Br)CCCN1Cc1ccncc1. The van der Waals surface area contributed by atoms with Crippen LogP contribution in [0.2, 0.25) is 0 Å². The van der Waals surface area contributed by atoms with Crippen molar-refractivity contribution >= 4 is 15.9 Å². The number of nitrogens with zero attached hydrogens (tertiary/aromatic N) is 2. The number of halogens is 1. The fourth-order valence-electron chi connectivity index (χ4n) is 2.11. The lowest BCUT2D eigenvalue weighted by atomic mass is 10.0. The van der Waals surface area contributed by atoms with Gasteiger partial charge in [0.1, 0.15) is 0 Å². The summed E-state index contributed by atoms with van der Waals surface area (Å²) in [6.07, 6.45) is 6.34. The molecule has 15 heavy (non-hydrogen) atoms. The first-order valence-corrected chi connectivity index (χ1v) is 6.46. The van der Waals surface area contributed by atoms with Crippen LogP contribution in [0.3, 0.4) is 0 Å². The van der Waals surface area contributed by atoms with Crippen molar-refractivity contribution in [2.45, 2.75) is 37.2 Å². The molecular formula is C12H17BrN2. The third-order valence-corrected chi connectivity index (χ3v) is 4.38. The van der Waals surface area contributed by atoms with Crippen LogP contribution in [0.25, 0.3) is 0 Å². The minimum absolute atomic E-state index is 0.631. The van der Waals surface area contributed by atoms with Gasteiger partial charge in [0, 0.05) is 29.8 Å². The van der Waals surface area contributed by atoms with Crippen LogP contribution < -0.4 is 0 Å². The molecule has 1 aliphatic rings. The van der Waals surface area contributed by atoms with Gasteiger partial charge in [-0.25, -0.2) is 0 Å². The quantitative estimate of drug-likeness (QED) is 0.767. The van der Waals surface area contributed by atoms with Crippen LogP contribution in [0.4, 0.5) is 0 Å². The van der Waals surface area contributed by atoms with Gasteiger partial charge in [-0.2, -0.15) is 0 Å². The zero-order valence-electron chi connectivity index (χ0n) is 9.06. The van der Waals surface area contributed by atoms with Gasteiger partial charge in [-0.3, -0.25) is 9.88 Å². The van der Waals surface area contributed by atoms with Crippen molar-refractivity contribution < 1.29 is 0 Å². The van der Waals surface area contributed by atoms with E-state index in [1.165, 1.54) is 24.9 Å². The van der Waals surface area contributed by atoms with Crippen LogP contribution in [0.1, 0.15) is 25.3 Å². The van der Waals surface area contributed by atoms with E-state index in [2.05, 4.69) is 44.9 Å². The molecule has 0 spiro atoms. The molecule has 0 saturated carbocycles. The maximum absolute atomic E-state index is 4.04. The summed E-state index contributed by atoms with van der Waals surface area (Å²) in [6, 6.07) is 4.83. The molecule has 2 heterocycles. The van der Waals surface area contributed by atoms with Gasteiger partial charge in [0.2, 0.25) is 0 Å². The molecule has 0 N–H and O–H groups in total. The molecule has 1 saturated heterocycles. The lowest BCUT2D eigenvalue weighted by Gasteiger charge is -2.36. The number of rotatable bonds is 2. The maximum Gasteiger partial charge on any atom is 0.0299 e. The highest BCUT2D eigenvalue weighted by molar-refractivity contribution is 9.09. The average molecular weight is 269 g/mol. The predicted octanol–water partition coefficient (Wildman–Crippen LogP) is 2.83. The molecule has 1 aromatic rings. The monoisotopic (exact) mass is 268 g/mol. The van der Waals surface area contributed by atoms with Crippen molar-refractivity contribution in [2.75, 3.05) is 6.54 Å². The van der Waals surface area contributed by atoms with Crippen LogP contribution in [-0.2, 0) is 6.54 Å². The molecule has 82 valence electrons. The second-order valence-electron chi connectivity index (χ2n) is 4.22. The van der Waals surface area contributed by atoms with E-state index in [1.54, 1.807) is 0 Å².